The summed E-state index contributed by atoms with van der Waals surface area (Å²) < 4.78 is 5.79. The molecular weight excluding hydrogens is 228 g/mol. The maximum atomic E-state index is 5.79. The third kappa shape index (κ3) is 4.25. The Morgan fingerprint density at radius 1 is 1.28 bits per heavy atom. The third-order valence-corrected chi connectivity index (χ3v) is 3.71. The number of oxime groups is 1. The van der Waals surface area contributed by atoms with Gasteiger partial charge >= 0.3 is 0 Å². The molecule has 0 atom stereocenters. The molecule has 2 saturated heterocycles. The van der Waals surface area contributed by atoms with Crippen LogP contribution >= 0.6 is 0 Å². The van der Waals surface area contributed by atoms with E-state index in [1.807, 2.05) is 0 Å². The highest BCUT2D eigenvalue weighted by Crippen LogP contribution is 2.38. The molecule has 0 saturated carbocycles. The van der Waals surface area contributed by atoms with Gasteiger partial charge in [-0.3, -0.25) is 4.90 Å². The predicted molar refractivity (Wildman–Crippen MR) is 75.0 cm³/mol. The molecule has 2 rings (SSSR count). The Kier molecular flexibility index (Phi) is 6.65. The second-order valence-corrected chi connectivity index (χ2v) is 5.32. The van der Waals surface area contributed by atoms with Crippen molar-refractivity contribution in [3.05, 3.63) is 0 Å². The molecule has 2 aliphatic rings. The minimum atomic E-state index is 0.387. The maximum Gasteiger partial charge on any atom is 0.106 e. The van der Waals surface area contributed by atoms with E-state index < -0.39 is 0 Å². The second kappa shape index (κ2) is 7.74. The number of hydrogen-bond donors (Lipinski definition) is 0. The number of fused-ring (bicyclic) bond motifs is 1. The zero-order valence-corrected chi connectivity index (χ0v) is 12.3. The molecule has 0 N–H and O–H groups in total. The van der Waals surface area contributed by atoms with Crippen molar-refractivity contribution in [1.29, 1.82) is 0 Å². The van der Waals surface area contributed by atoms with Gasteiger partial charge in [0.05, 0.1) is 12.7 Å². The van der Waals surface area contributed by atoms with Crippen molar-refractivity contribution in [2.24, 2.45) is 5.16 Å². The highest BCUT2D eigenvalue weighted by Gasteiger charge is 2.44. The van der Waals surface area contributed by atoms with Gasteiger partial charge in [0, 0.05) is 11.8 Å². The molecule has 0 aromatic heterocycles. The lowest BCUT2D eigenvalue weighted by Gasteiger charge is -2.32. The van der Waals surface area contributed by atoms with E-state index >= 15 is 0 Å². The molecule has 0 aromatic rings. The van der Waals surface area contributed by atoms with Crippen LogP contribution in [0.15, 0.2) is 5.16 Å². The van der Waals surface area contributed by atoms with Crippen molar-refractivity contribution in [2.75, 3.05) is 26.8 Å². The largest absolute Gasteiger partial charge is 0.399 e. The lowest BCUT2D eigenvalue weighted by molar-refractivity contribution is 0.00312. The SMILES string of the molecule is C/C=N/OC.CC(C)OCC12CCCN1CCC2. The summed E-state index contributed by atoms with van der Waals surface area (Å²) in [4.78, 5) is 6.91. The molecule has 0 bridgehead atoms. The maximum absolute atomic E-state index is 5.79. The third-order valence-electron chi connectivity index (χ3n) is 3.71. The first-order chi connectivity index (χ1) is 8.64. The Balaban J connectivity index is 0.000000280. The van der Waals surface area contributed by atoms with Gasteiger partial charge in [-0.25, -0.2) is 0 Å². The van der Waals surface area contributed by atoms with Crippen LogP contribution in [0.1, 0.15) is 46.5 Å². The zero-order chi connectivity index (χ0) is 13.4. The highest BCUT2D eigenvalue weighted by molar-refractivity contribution is 5.52. The second-order valence-electron chi connectivity index (χ2n) is 5.32. The Labute approximate surface area is 111 Å². The molecule has 0 unspecified atom stereocenters. The summed E-state index contributed by atoms with van der Waals surface area (Å²) in [6, 6.07) is 0. The normalized spacial score (nSPS) is 22.1. The first-order valence-electron chi connectivity index (χ1n) is 7.02. The van der Waals surface area contributed by atoms with Crippen molar-refractivity contribution < 1.29 is 9.57 Å². The minimum absolute atomic E-state index is 0.387. The van der Waals surface area contributed by atoms with Crippen LogP contribution in [-0.2, 0) is 9.57 Å². The number of ether oxygens (including phenoxy) is 1. The molecule has 18 heavy (non-hydrogen) atoms. The van der Waals surface area contributed by atoms with E-state index in [1.165, 1.54) is 45.9 Å². The minimum Gasteiger partial charge on any atom is -0.399 e. The number of nitrogens with zero attached hydrogens (tertiary/aromatic N) is 2. The Morgan fingerprint density at radius 2 is 1.89 bits per heavy atom. The first-order valence-corrected chi connectivity index (χ1v) is 7.02. The molecule has 2 aliphatic heterocycles. The highest BCUT2D eigenvalue weighted by atomic mass is 16.6. The van der Waals surface area contributed by atoms with Crippen LogP contribution in [0, 0.1) is 0 Å². The van der Waals surface area contributed by atoms with Gasteiger partial charge in [-0.05, 0) is 59.5 Å². The average molecular weight is 256 g/mol. The van der Waals surface area contributed by atoms with Gasteiger partial charge in [0.1, 0.15) is 7.11 Å². The lowest BCUT2D eigenvalue weighted by Crippen LogP contribution is -2.43. The van der Waals surface area contributed by atoms with E-state index in [2.05, 4.69) is 28.7 Å². The Hall–Kier alpha value is -0.610. The van der Waals surface area contributed by atoms with Crippen LogP contribution in [0.5, 0.6) is 0 Å². The lowest BCUT2D eigenvalue weighted by atomic mass is 9.95. The van der Waals surface area contributed by atoms with Crippen molar-refractivity contribution in [3.8, 4) is 0 Å². The molecule has 0 amide bonds. The topological polar surface area (TPSA) is 34.1 Å². The van der Waals surface area contributed by atoms with Gasteiger partial charge < -0.3 is 9.57 Å². The molecule has 4 nitrogen and oxygen atoms in total. The molecule has 106 valence electrons. The van der Waals surface area contributed by atoms with E-state index in [0.29, 0.717) is 11.6 Å². The standard InChI is InChI=1S/C11H21NO.C3H7NO/c1-10(2)13-9-11-5-3-7-12(11)8-4-6-11;1-3-4-5-2/h10H,3-9H2,1-2H3;3H,1-2H3/b;4-3+. The molecule has 2 fully saturated rings. The summed E-state index contributed by atoms with van der Waals surface area (Å²) in [6.45, 7) is 9.63. The van der Waals surface area contributed by atoms with E-state index in [1.54, 1.807) is 13.1 Å². The van der Waals surface area contributed by atoms with E-state index in [9.17, 15) is 0 Å². The molecule has 2 heterocycles. The summed E-state index contributed by atoms with van der Waals surface area (Å²) in [5, 5.41) is 3.35. The molecule has 0 spiro atoms. The van der Waals surface area contributed by atoms with Gasteiger partial charge in [-0.2, -0.15) is 0 Å². The van der Waals surface area contributed by atoms with E-state index in [-0.39, 0.29) is 0 Å². The summed E-state index contributed by atoms with van der Waals surface area (Å²) in [5.41, 5.74) is 0.449. The fourth-order valence-corrected chi connectivity index (χ4v) is 2.89. The van der Waals surface area contributed by atoms with Gasteiger partial charge in [0.2, 0.25) is 0 Å². The summed E-state index contributed by atoms with van der Waals surface area (Å²) in [6.07, 6.45) is 7.44. The van der Waals surface area contributed by atoms with Crippen LogP contribution in [0.2, 0.25) is 0 Å². The van der Waals surface area contributed by atoms with Gasteiger partial charge in [0.25, 0.3) is 0 Å². The van der Waals surface area contributed by atoms with Crippen LogP contribution in [-0.4, -0.2) is 49.6 Å². The van der Waals surface area contributed by atoms with Gasteiger partial charge in [-0.15, -0.1) is 5.16 Å². The van der Waals surface area contributed by atoms with Crippen LogP contribution in [0.25, 0.3) is 0 Å². The van der Waals surface area contributed by atoms with Crippen molar-refractivity contribution >= 4 is 6.21 Å². The quantitative estimate of drug-likeness (QED) is 0.573. The summed E-state index contributed by atoms with van der Waals surface area (Å²) in [7, 11) is 1.51. The summed E-state index contributed by atoms with van der Waals surface area (Å²) >= 11 is 0. The molecule has 0 radical (unpaired) electrons. The van der Waals surface area contributed by atoms with Crippen LogP contribution < -0.4 is 0 Å². The van der Waals surface area contributed by atoms with Crippen LogP contribution in [0.3, 0.4) is 0 Å². The number of rotatable bonds is 4. The average Bonchev–Trinajstić information content (AvgIpc) is 2.87. The van der Waals surface area contributed by atoms with Crippen molar-refractivity contribution in [3.63, 3.8) is 0 Å². The van der Waals surface area contributed by atoms with Crippen molar-refractivity contribution in [1.82, 2.24) is 4.90 Å². The zero-order valence-electron chi connectivity index (χ0n) is 12.3. The van der Waals surface area contributed by atoms with Gasteiger partial charge in [0.15, 0.2) is 0 Å². The number of hydrogen-bond acceptors (Lipinski definition) is 4. The molecule has 0 aliphatic carbocycles. The molecular formula is C14H28N2O2. The first kappa shape index (κ1) is 15.4. The fraction of sp³-hybridized carbons (Fsp3) is 0.929. The van der Waals surface area contributed by atoms with Crippen molar-refractivity contribution in [2.45, 2.75) is 58.1 Å². The van der Waals surface area contributed by atoms with E-state index in [4.69, 9.17) is 4.74 Å². The molecule has 0 aromatic carbocycles. The Bertz CT molecular complexity index is 244. The van der Waals surface area contributed by atoms with Gasteiger partial charge in [-0.1, -0.05) is 0 Å². The van der Waals surface area contributed by atoms with E-state index in [0.717, 1.165) is 6.61 Å². The Morgan fingerprint density at radius 3 is 2.28 bits per heavy atom. The predicted octanol–water partition coefficient (Wildman–Crippen LogP) is 2.68. The fourth-order valence-electron chi connectivity index (χ4n) is 2.89. The van der Waals surface area contributed by atoms with Crippen LogP contribution in [0.4, 0.5) is 0 Å². The summed E-state index contributed by atoms with van der Waals surface area (Å²) in [5.74, 6) is 0. The monoisotopic (exact) mass is 256 g/mol. The smallest absolute Gasteiger partial charge is 0.106 e. The molecule has 4 heteroatoms.